The zero-order chi connectivity index (χ0) is 46.2. The first kappa shape index (κ1) is 39.7. The van der Waals surface area contributed by atoms with Gasteiger partial charge in [-0.1, -0.05) is 179 Å². The number of aromatic nitrogens is 1. The van der Waals surface area contributed by atoms with Gasteiger partial charge >= 0.3 is 0 Å². The predicted octanol–water partition coefficient (Wildman–Crippen LogP) is 18.1. The number of rotatable bonds is 6. The lowest BCUT2D eigenvalue weighted by Crippen LogP contribution is -2.16. The topological polar surface area (TPSA) is 21.3 Å². The van der Waals surface area contributed by atoms with Crippen molar-refractivity contribution in [3.63, 3.8) is 0 Å². The number of anilines is 3. The maximum Gasteiger partial charge on any atom is 0.139 e. The van der Waals surface area contributed by atoms with E-state index in [9.17, 15) is 0 Å². The molecule has 0 unspecified atom stereocenters. The van der Waals surface area contributed by atoms with Crippen LogP contribution in [0.3, 0.4) is 0 Å². The van der Waals surface area contributed by atoms with Crippen molar-refractivity contribution in [2.24, 2.45) is 0 Å². The van der Waals surface area contributed by atoms with Crippen LogP contribution in [-0.4, -0.2) is 4.57 Å². The van der Waals surface area contributed by atoms with E-state index in [2.05, 4.69) is 256 Å². The molecular weight excluding hydrogens is 837 g/mol. The van der Waals surface area contributed by atoms with Gasteiger partial charge in [-0.3, -0.25) is 0 Å². The molecular formula is C66H48N2O. The maximum absolute atomic E-state index is 6.98. The lowest BCUT2D eigenvalue weighted by molar-refractivity contribution is 0.660. The predicted molar refractivity (Wildman–Crippen MR) is 289 cm³/mol. The fourth-order valence-electron chi connectivity index (χ4n) is 12.2. The summed E-state index contributed by atoms with van der Waals surface area (Å²) in [4.78, 5) is 2.53. The van der Waals surface area contributed by atoms with Crippen molar-refractivity contribution >= 4 is 60.8 Å². The average molecular weight is 885 g/mol. The lowest BCUT2D eigenvalue weighted by Gasteiger charge is -2.29. The molecule has 0 aliphatic heterocycles. The van der Waals surface area contributed by atoms with E-state index in [0.29, 0.717) is 0 Å². The summed E-state index contributed by atoms with van der Waals surface area (Å²) < 4.78 is 9.41. The molecule has 10 aromatic carbocycles. The Morgan fingerprint density at radius 3 is 1.62 bits per heavy atom. The zero-order valence-corrected chi connectivity index (χ0v) is 39.1. The minimum atomic E-state index is -0.196. The first-order chi connectivity index (χ1) is 33.7. The van der Waals surface area contributed by atoms with E-state index in [1.54, 1.807) is 0 Å². The molecule has 0 amide bonds. The van der Waals surface area contributed by atoms with Crippen LogP contribution in [0.2, 0.25) is 0 Å². The van der Waals surface area contributed by atoms with E-state index in [1.807, 2.05) is 0 Å². The highest BCUT2D eigenvalue weighted by Crippen LogP contribution is 2.55. The highest BCUT2D eigenvalue weighted by Gasteiger charge is 2.37. The molecule has 2 aliphatic rings. The Morgan fingerprint density at radius 1 is 0.362 bits per heavy atom. The molecule has 2 aromatic heterocycles. The maximum atomic E-state index is 6.98. The van der Waals surface area contributed by atoms with Crippen LogP contribution in [0.5, 0.6) is 0 Å². The van der Waals surface area contributed by atoms with Gasteiger partial charge in [0.15, 0.2) is 0 Å². The van der Waals surface area contributed by atoms with Crippen LogP contribution in [-0.2, 0) is 10.8 Å². The fraction of sp³-hybridized carbons (Fsp3) is 0.0909. The van der Waals surface area contributed by atoms with Gasteiger partial charge in [0, 0.05) is 50.1 Å². The van der Waals surface area contributed by atoms with Gasteiger partial charge in [-0.2, -0.15) is 0 Å². The summed E-state index contributed by atoms with van der Waals surface area (Å²) >= 11 is 0. The van der Waals surface area contributed by atoms with Gasteiger partial charge in [0.1, 0.15) is 11.2 Å². The quantitative estimate of drug-likeness (QED) is 0.166. The molecule has 2 aliphatic carbocycles. The molecule has 328 valence electrons. The molecule has 3 heteroatoms. The second kappa shape index (κ2) is 14.6. The molecule has 2 heterocycles. The Labute approximate surface area is 402 Å². The molecule has 0 spiro atoms. The van der Waals surface area contributed by atoms with Crippen molar-refractivity contribution in [1.29, 1.82) is 0 Å². The van der Waals surface area contributed by atoms with Gasteiger partial charge in [-0.05, 0) is 127 Å². The summed E-state index contributed by atoms with van der Waals surface area (Å²) in [6, 6.07) is 80.6. The molecule has 0 radical (unpaired) electrons. The number of para-hydroxylation sites is 2. The zero-order valence-electron chi connectivity index (χ0n) is 39.1. The minimum absolute atomic E-state index is 0.112. The summed E-state index contributed by atoms with van der Waals surface area (Å²) in [5.74, 6) is 0. The number of fused-ring (bicyclic) bond motifs is 12. The normalized spacial score (nSPS) is 14.0. The second-order valence-electron chi connectivity index (χ2n) is 20.1. The van der Waals surface area contributed by atoms with E-state index in [0.717, 1.165) is 55.7 Å². The summed E-state index contributed by atoms with van der Waals surface area (Å²) in [5.41, 5.74) is 23.4. The second-order valence-corrected chi connectivity index (χ2v) is 20.1. The first-order valence-corrected chi connectivity index (χ1v) is 24.2. The van der Waals surface area contributed by atoms with Gasteiger partial charge in [0.2, 0.25) is 0 Å². The highest BCUT2D eigenvalue weighted by molar-refractivity contribution is 6.28. The summed E-state index contributed by atoms with van der Waals surface area (Å²) in [6.45, 7) is 9.47. The summed E-state index contributed by atoms with van der Waals surface area (Å²) in [6.07, 6.45) is 0. The van der Waals surface area contributed by atoms with Crippen LogP contribution in [0.15, 0.2) is 223 Å². The van der Waals surface area contributed by atoms with Gasteiger partial charge in [-0.25, -0.2) is 0 Å². The van der Waals surface area contributed by atoms with Crippen LogP contribution in [0.25, 0.3) is 93.9 Å². The Balaban J connectivity index is 1.10. The molecule has 3 nitrogen and oxygen atoms in total. The van der Waals surface area contributed by atoms with Gasteiger partial charge < -0.3 is 13.9 Å². The summed E-state index contributed by atoms with van der Waals surface area (Å²) in [5, 5.41) is 4.51. The van der Waals surface area contributed by atoms with E-state index < -0.39 is 0 Å². The largest absolute Gasteiger partial charge is 0.456 e. The van der Waals surface area contributed by atoms with Crippen LogP contribution in [0.4, 0.5) is 17.1 Å². The van der Waals surface area contributed by atoms with Crippen LogP contribution < -0.4 is 4.90 Å². The Bertz CT molecular complexity index is 4060. The number of hydrogen-bond acceptors (Lipinski definition) is 2. The number of benzene rings is 10. The average Bonchev–Trinajstić information content (AvgIpc) is 4.07. The van der Waals surface area contributed by atoms with Gasteiger partial charge in [0.25, 0.3) is 0 Å². The van der Waals surface area contributed by atoms with Crippen molar-refractivity contribution < 1.29 is 4.42 Å². The molecule has 0 fully saturated rings. The van der Waals surface area contributed by atoms with Crippen LogP contribution in [0.1, 0.15) is 49.9 Å². The minimum Gasteiger partial charge on any atom is -0.456 e. The molecule has 0 saturated carbocycles. The molecule has 0 atom stereocenters. The SMILES string of the molecule is CC1(C)c2ccccc2-c2ccc(-c3ccc4c(c3)c3c(N(c5ccc(-c6ccccc6)cc5)c5ccc6c(c5)C(C)(C)c5ccccc5-6)c5c(cc3n4-c3ccccc3)oc3ccccc35)cc21. The van der Waals surface area contributed by atoms with Gasteiger partial charge in [0.05, 0.1) is 22.1 Å². The van der Waals surface area contributed by atoms with Crippen LogP contribution >= 0.6 is 0 Å². The van der Waals surface area contributed by atoms with Gasteiger partial charge in [-0.15, -0.1) is 0 Å². The third kappa shape index (κ3) is 5.74. The van der Waals surface area contributed by atoms with E-state index in [-0.39, 0.29) is 10.8 Å². The molecule has 69 heavy (non-hydrogen) atoms. The third-order valence-corrected chi connectivity index (χ3v) is 15.6. The first-order valence-electron chi connectivity index (χ1n) is 24.2. The van der Waals surface area contributed by atoms with Crippen molar-refractivity contribution in [2.75, 3.05) is 4.90 Å². The Morgan fingerprint density at radius 2 is 0.899 bits per heavy atom. The standard InChI is InChI=1S/C66H48N2O/c1-65(2)54-24-14-11-21-48(54)50-34-29-44(38-56(50)65)43-30-36-58-53(37-43)62-59(68(58)45-19-9-6-10-20-45)40-61-63(52-23-13-16-26-60(52)69-61)64(62)67(46-31-27-42(28-32-46)41-17-7-5-8-18-41)47-33-35-51-49-22-12-15-25-55(49)66(3,4)57(51)39-47/h5-40H,1-4H3. The molecule has 12 aromatic rings. The Hall–Kier alpha value is -8.40. The van der Waals surface area contributed by atoms with Crippen molar-refractivity contribution in [3.05, 3.63) is 241 Å². The van der Waals surface area contributed by atoms with E-state index in [1.165, 1.54) is 77.5 Å². The molecule has 14 rings (SSSR count). The molecule has 0 bridgehead atoms. The number of nitrogens with zero attached hydrogens (tertiary/aromatic N) is 2. The van der Waals surface area contributed by atoms with Crippen LogP contribution in [0, 0.1) is 0 Å². The molecule has 0 saturated heterocycles. The third-order valence-electron chi connectivity index (χ3n) is 15.6. The molecule has 0 N–H and O–H groups in total. The smallest absolute Gasteiger partial charge is 0.139 e. The lowest BCUT2D eigenvalue weighted by atomic mass is 9.81. The van der Waals surface area contributed by atoms with Crippen molar-refractivity contribution in [2.45, 2.75) is 38.5 Å². The van der Waals surface area contributed by atoms with Crippen molar-refractivity contribution in [1.82, 2.24) is 4.57 Å². The summed E-state index contributed by atoms with van der Waals surface area (Å²) in [7, 11) is 0. The van der Waals surface area contributed by atoms with Crippen molar-refractivity contribution in [3.8, 4) is 50.2 Å². The number of furan rings is 1. The van der Waals surface area contributed by atoms with E-state index >= 15 is 0 Å². The van der Waals surface area contributed by atoms with E-state index in [4.69, 9.17) is 4.42 Å². The highest BCUT2D eigenvalue weighted by atomic mass is 16.3. The Kier molecular flexibility index (Phi) is 8.38. The fourth-order valence-corrected chi connectivity index (χ4v) is 12.2. The number of hydrogen-bond donors (Lipinski definition) is 0. The monoisotopic (exact) mass is 884 g/mol.